The molecule has 6 nitrogen and oxygen atoms in total. The fourth-order valence-electron chi connectivity index (χ4n) is 3.33. The Morgan fingerprint density at radius 2 is 1.86 bits per heavy atom. The van der Waals surface area contributed by atoms with E-state index < -0.39 is 6.61 Å². The summed E-state index contributed by atoms with van der Waals surface area (Å²) in [6, 6.07) is 11.5. The third-order valence-corrected chi connectivity index (χ3v) is 4.63. The van der Waals surface area contributed by atoms with Crippen LogP contribution in [0.15, 0.2) is 42.5 Å². The highest BCUT2D eigenvalue weighted by atomic mass is 19.3. The number of alkyl halides is 2. The van der Waals surface area contributed by atoms with Crippen LogP contribution in [-0.2, 0) is 0 Å². The van der Waals surface area contributed by atoms with E-state index in [4.69, 9.17) is 9.47 Å². The summed E-state index contributed by atoms with van der Waals surface area (Å²) < 4.78 is 40.0. The summed E-state index contributed by atoms with van der Waals surface area (Å²) in [6.07, 6.45) is 0. The number of nitrogens with zero attached hydrogens (tertiary/aromatic N) is 1. The van der Waals surface area contributed by atoms with Crippen molar-refractivity contribution in [1.82, 2.24) is 10.2 Å². The van der Waals surface area contributed by atoms with Crippen molar-refractivity contribution in [2.45, 2.75) is 12.7 Å². The van der Waals surface area contributed by atoms with Crippen LogP contribution in [0.4, 0.5) is 8.78 Å². The molecule has 28 heavy (non-hydrogen) atoms. The molecule has 1 unspecified atom stereocenters. The highest BCUT2D eigenvalue weighted by molar-refractivity contribution is 5.95. The van der Waals surface area contributed by atoms with Gasteiger partial charge in [0.15, 0.2) is 11.5 Å². The number of nitrogens with one attached hydrogen (secondary N) is 1. The topological polar surface area (TPSA) is 60.0 Å². The molecule has 0 aliphatic carbocycles. The third-order valence-electron chi connectivity index (χ3n) is 4.63. The van der Waals surface area contributed by atoms with Crippen molar-refractivity contribution in [3.63, 3.8) is 0 Å². The van der Waals surface area contributed by atoms with Crippen LogP contribution in [0.5, 0.6) is 17.2 Å². The van der Waals surface area contributed by atoms with Gasteiger partial charge in [0.25, 0.3) is 5.91 Å². The molecule has 1 aliphatic heterocycles. The normalized spacial score (nSPS) is 16.8. The summed E-state index contributed by atoms with van der Waals surface area (Å²) in [4.78, 5) is 14.9. The second-order valence-corrected chi connectivity index (χ2v) is 6.20. The van der Waals surface area contributed by atoms with Crippen molar-refractivity contribution in [2.24, 2.45) is 0 Å². The van der Waals surface area contributed by atoms with Gasteiger partial charge < -0.3 is 24.4 Å². The number of carbonyl (C=O) groups is 1. The number of hydrogen-bond acceptors (Lipinski definition) is 5. The number of rotatable bonds is 6. The first-order valence-corrected chi connectivity index (χ1v) is 8.82. The van der Waals surface area contributed by atoms with Crippen molar-refractivity contribution in [1.29, 1.82) is 0 Å². The van der Waals surface area contributed by atoms with E-state index >= 15 is 0 Å². The Morgan fingerprint density at radius 1 is 1.11 bits per heavy atom. The van der Waals surface area contributed by atoms with E-state index in [-0.39, 0.29) is 23.4 Å². The van der Waals surface area contributed by atoms with Gasteiger partial charge in [0.05, 0.1) is 20.3 Å². The zero-order chi connectivity index (χ0) is 20.1. The average Bonchev–Trinajstić information content (AvgIpc) is 2.73. The third kappa shape index (κ3) is 4.17. The number of hydrogen-bond donors (Lipinski definition) is 1. The maximum absolute atomic E-state index is 13.2. The highest BCUT2D eigenvalue weighted by Crippen LogP contribution is 2.33. The molecule has 8 heteroatoms. The Kier molecular flexibility index (Phi) is 6.30. The van der Waals surface area contributed by atoms with E-state index in [1.54, 1.807) is 12.0 Å². The number of methoxy groups -OCH3 is 2. The number of amides is 1. The lowest BCUT2D eigenvalue weighted by Gasteiger charge is -2.37. The highest BCUT2D eigenvalue weighted by Gasteiger charge is 2.31. The van der Waals surface area contributed by atoms with Crippen molar-refractivity contribution < 1.29 is 27.8 Å². The van der Waals surface area contributed by atoms with Gasteiger partial charge in [-0.3, -0.25) is 4.79 Å². The van der Waals surface area contributed by atoms with Gasteiger partial charge in [-0.25, -0.2) is 0 Å². The summed E-state index contributed by atoms with van der Waals surface area (Å²) in [5, 5.41) is 3.30. The Balaban J connectivity index is 1.91. The molecule has 2 aromatic rings. The molecule has 1 saturated heterocycles. The van der Waals surface area contributed by atoms with Crippen LogP contribution in [-0.4, -0.2) is 51.3 Å². The maximum Gasteiger partial charge on any atom is 0.387 e. The molecular formula is C20H22F2N2O4. The molecular weight excluding hydrogens is 370 g/mol. The molecule has 0 radical (unpaired) electrons. The fourth-order valence-corrected chi connectivity index (χ4v) is 3.33. The van der Waals surface area contributed by atoms with E-state index in [0.29, 0.717) is 30.9 Å². The lowest BCUT2D eigenvalue weighted by atomic mass is 10.0. The van der Waals surface area contributed by atoms with Gasteiger partial charge in [-0.2, -0.15) is 8.78 Å². The lowest BCUT2D eigenvalue weighted by molar-refractivity contribution is -0.0512. The molecule has 1 heterocycles. The second kappa shape index (κ2) is 8.88. The van der Waals surface area contributed by atoms with E-state index in [9.17, 15) is 13.6 Å². The van der Waals surface area contributed by atoms with Crippen LogP contribution in [0, 0.1) is 0 Å². The van der Waals surface area contributed by atoms with Gasteiger partial charge in [0.1, 0.15) is 5.75 Å². The van der Waals surface area contributed by atoms with Crippen LogP contribution in [0.2, 0.25) is 0 Å². The van der Waals surface area contributed by atoms with Gasteiger partial charge in [-0.05, 0) is 24.3 Å². The summed E-state index contributed by atoms with van der Waals surface area (Å²) in [7, 11) is 2.93. The van der Waals surface area contributed by atoms with Crippen molar-refractivity contribution in [3.05, 3.63) is 53.6 Å². The zero-order valence-electron chi connectivity index (χ0n) is 15.7. The number of halogens is 2. The first-order chi connectivity index (χ1) is 13.5. The fraction of sp³-hybridized carbons (Fsp3) is 0.350. The Bertz CT molecular complexity index is 832. The van der Waals surface area contributed by atoms with Crippen LogP contribution >= 0.6 is 0 Å². The van der Waals surface area contributed by atoms with Crippen molar-refractivity contribution in [3.8, 4) is 17.2 Å². The van der Waals surface area contributed by atoms with Gasteiger partial charge in [0, 0.05) is 30.8 Å². The quantitative estimate of drug-likeness (QED) is 0.819. The standard InChI is InChI=1S/C20H22F2N2O4/c1-26-16-6-4-3-5-14(16)15-12-23-9-10-24(15)19(25)13-7-8-17(28-20(21)22)18(11-13)27-2/h3-8,11,15,20,23H,9-10,12H2,1-2H3. The molecule has 0 spiro atoms. The minimum Gasteiger partial charge on any atom is -0.496 e. The molecule has 0 bridgehead atoms. The molecule has 2 aromatic carbocycles. The number of benzene rings is 2. The van der Waals surface area contributed by atoms with E-state index in [1.807, 2.05) is 24.3 Å². The largest absolute Gasteiger partial charge is 0.496 e. The Labute approximate surface area is 162 Å². The lowest BCUT2D eigenvalue weighted by Crippen LogP contribution is -2.48. The predicted molar refractivity (Wildman–Crippen MR) is 99.3 cm³/mol. The minimum absolute atomic E-state index is 0.0788. The monoisotopic (exact) mass is 392 g/mol. The average molecular weight is 392 g/mol. The molecule has 1 aliphatic rings. The van der Waals surface area contributed by atoms with Crippen LogP contribution in [0.25, 0.3) is 0 Å². The summed E-state index contributed by atoms with van der Waals surface area (Å²) in [5.41, 5.74) is 1.23. The Hall–Kier alpha value is -2.87. The van der Waals surface area contributed by atoms with E-state index in [2.05, 4.69) is 10.1 Å². The molecule has 1 amide bonds. The van der Waals surface area contributed by atoms with Gasteiger partial charge >= 0.3 is 6.61 Å². The number of piperazine rings is 1. The summed E-state index contributed by atoms with van der Waals surface area (Å²) in [6.45, 7) is -1.24. The molecule has 1 fully saturated rings. The molecule has 3 rings (SSSR count). The molecule has 1 atom stereocenters. The molecule has 150 valence electrons. The van der Waals surface area contributed by atoms with Crippen molar-refractivity contribution >= 4 is 5.91 Å². The van der Waals surface area contributed by atoms with E-state index in [0.717, 1.165) is 5.56 Å². The van der Waals surface area contributed by atoms with E-state index in [1.165, 1.54) is 25.3 Å². The molecule has 0 aromatic heterocycles. The second-order valence-electron chi connectivity index (χ2n) is 6.20. The summed E-state index contributed by atoms with van der Waals surface area (Å²) in [5.74, 6) is 0.442. The van der Waals surface area contributed by atoms with Gasteiger partial charge in [-0.1, -0.05) is 18.2 Å². The molecule has 1 N–H and O–H groups in total. The van der Waals surface area contributed by atoms with Crippen LogP contribution < -0.4 is 19.5 Å². The maximum atomic E-state index is 13.2. The molecule has 0 saturated carbocycles. The smallest absolute Gasteiger partial charge is 0.387 e. The number of ether oxygens (including phenoxy) is 3. The van der Waals surface area contributed by atoms with Crippen LogP contribution in [0.3, 0.4) is 0 Å². The minimum atomic E-state index is -2.97. The first-order valence-electron chi connectivity index (χ1n) is 8.82. The number of para-hydroxylation sites is 1. The predicted octanol–water partition coefficient (Wildman–Crippen LogP) is 3.09. The SMILES string of the molecule is COc1cc(C(=O)N2CCNCC2c2ccccc2OC)ccc1OC(F)F. The van der Waals surface area contributed by atoms with Gasteiger partial charge in [0.2, 0.25) is 0 Å². The Morgan fingerprint density at radius 3 is 2.57 bits per heavy atom. The summed E-state index contributed by atoms with van der Waals surface area (Å²) >= 11 is 0. The van der Waals surface area contributed by atoms with Crippen molar-refractivity contribution in [2.75, 3.05) is 33.9 Å². The van der Waals surface area contributed by atoms with Gasteiger partial charge in [-0.15, -0.1) is 0 Å². The zero-order valence-corrected chi connectivity index (χ0v) is 15.7. The van der Waals surface area contributed by atoms with Crippen LogP contribution in [0.1, 0.15) is 22.0 Å². The number of carbonyl (C=O) groups excluding carboxylic acids is 1. The first kappa shape index (κ1) is 19.9.